The lowest BCUT2D eigenvalue weighted by Gasteiger charge is -2.25. The Bertz CT molecular complexity index is 740. The van der Waals surface area contributed by atoms with E-state index in [2.05, 4.69) is 15.0 Å². The van der Waals surface area contributed by atoms with E-state index in [0.29, 0.717) is 18.1 Å². The molecule has 0 unspecified atom stereocenters. The maximum atomic E-state index is 11.3. The van der Waals surface area contributed by atoms with Crippen LogP contribution in [-0.4, -0.2) is 36.1 Å². The first-order chi connectivity index (χ1) is 9.65. The van der Waals surface area contributed by atoms with E-state index < -0.39 is 15.6 Å². The van der Waals surface area contributed by atoms with Gasteiger partial charge in [0.25, 0.3) is 0 Å². The number of hydrogen-bond donors (Lipinski definition) is 2. The molecule has 8 heteroatoms. The number of fused-ring (bicyclic) bond motifs is 1. The van der Waals surface area contributed by atoms with Crippen molar-refractivity contribution in [2.24, 2.45) is 0 Å². The molecule has 0 fully saturated rings. The topological polar surface area (TPSA) is 75.5 Å². The van der Waals surface area contributed by atoms with Crippen LogP contribution < -0.4 is 10.0 Å². The number of imidazole rings is 1. The molecule has 0 spiro atoms. The van der Waals surface area contributed by atoms with Gasteiger partial charge < -0.3 is 9.72 Å². The van der Waals surface area contributed by atoms with Gasteiger partial charge in [0.15, 0.2) is 0 Å². The molecule has 2 aromatic rings. The third-order valence-corrected chi connectivity index (χ3v) is 3.95. The van der Waals surface area contributed by atoms with E-state index >= 15 is 0 Å². The van der Waals surface area contributed by atoms with E-state index in [1.165, 1.54) is 0 Å². The molecule has 0 aliphatic carbocycles. The summed E-state index contributed by atoms with van der Waals surface area (Å²) >= 11 is 5.92. The first kappa shape index (κ1) is 16.2. The van der Waals surface area contributed by atoms with Gasteiger partial charge in [0, 0.05) is 31.0 Å². The zero-order valence-corrected chi connectivity index (χ0v) is 13.8. The minimum absolute atomic E-state index is 0.495. The second-order valence-electron chi connectivity index (χ2n) is 5.71. The number of hydrogen-bond acceptors (Lipinski definition) is 4. The van der Waals surface area contributed by atoms with Crippen molar-refractivity contribution in [1.29, 1.82) is 0 Å². The third-order valence-electron chi connectivity index (χ3n) is 2.80. The molecular weight excluding hydrogens is 312 g/mol. The smallest absolute Gasteiger partial charge is 0.209 e. The Kier molecular flexibility index (Phi) is 4.57. The van der Waals surface area contributed by atoms with Gasteiger partial charge in [0.1, 0.15) is 5.65 Å². The lowest BCUT2D eigenvalue weighted by molar-refractivity contribution is 0.420. The lowest BCUT2D eigenvalue weighted by Crippen LogP contribution is -2.49. The SMILES string of the molecule is CC(C)(CNCc1cn2cc(Cl)ccc2n1)NS(C)(=O)=O. The number of aromatic nitrogens is 2. The van der Waals surface area contributed by atoms with Crippen LogP contribution in [0.25, 0.3) is 5.65 Å². The molecular formula is C13H19ClN4O2S. The van der Waals surface area contributed by atoms with E-state index in [0.717, 1.165) is 17.6 Å². The van der Waals surface area contributed by atoms with Gasteiger partial charge >= 0.3 is 0 Å². The second kappa shape index (κ2) is 5.92. The summed E-state index contributed by atoms with van der Waals surface area (Å²) in [5.74, 6) is 0. The molecule has 0 atom stereocenters. The summed E-state index contributed by atoms with van der Waals surface area (Å²) in [7, 11) is -3.23. The molecule has 0 bridgehead atoms. The summed E-state index contributed by atoms with van der Waals surface area (Å²) in [6.07, 6.45) is 4.84. The van der Waals surface area contributed by atoms with E-state index in [4.69, 9.17) is 11.6 Å². The van der Waals surface area contributed by atoms with Crippen LogP contribution in [0.5, 0.6) is 0 Å². The molecule has 2 N–H and O–H groups in total. The van der Waals surface area contributed by atoms with E-state index in [1.807, 2.05) is 30.5 Å². The van der Waals surface area contributed by atoms with Crippen LogP contribution >= 0.6 is 11.6 Å². The molecule has 0 aliphatic heterocycles. The molecule has 0 amide bonds. The van der Waals surface area contributed by atoms with Crippen LogP contribution in [0.2, 0.25) is 5.02 Å². The summed E-state index contributed by atoms with van der Waals surface area (Å²) < 4.78 is 27.0. The Morgan fingerprint density at radius 2 is 2.05 bits per heavy atom. The fourth-order valence-corrected chi connectivity index (χ4v) is 3.39. The van der Waals surface area contributed by atoms with E-state index in [9.17, 15) is 8.42 Å². The fraction of sp³-hybridized carbons (Fsp3) is 0.462. The van der Waals surface area contributed by atoms with Gasteiger partial charge in [-0.25, -0.2) is 18.1 Å². The average molecular weight is 331 g/mol. The molecule has 2 rings (SSSR count). The summed E-state index contributed by atoms with van der Waals surface area (Å²) in [6, 6.07) is 3.64. The molecule has 0 saturated heterocycles. The van der Waals surface area contributed by atoms with Crippen molar-refractivity contribution in [3.63, 3.8) is 0 Å². The Labute approximate surface area is 129 Å². The second-order valence-corrected chi connectivity index (χ2v) is 7.89. The van der Waals surface area contributed by atoms with Crippen molar-refractivity contribution in [3.05, 3.63) is 35.2 Å². The standard InChI is InChI=1S/C13H19ClN4O2S/c1-13(2,17-21(3,19)20)9-15-6-11-8-18-7-10(14)4-5-12(18)16-11/h4-5,7-8,15,17H,6,9H2,1-3H3. The van der Waals surface area contributed by atoms with Crippen LogP contribution in [-0.2, 0) is 16.6 Å². The van der Waals surface area contributed by atoms with Gasteiger partial charge in [-0.2, -0.15) is 0 Å². The van der Waals surface area contributed by atoms with Gasteiger partial charge in [0.2, 0.25) is 10.0 Å². The monoisotopic (exact) mass is 330 g/mol. The molecule has 0 saturated carbocycles. The largest absolute Gasteiger partial charge is 0.309 e. The zero-order valence-electron chi connectivity index (χ0n) is 12.2. The van der Waals surface area contributed by atoms with Crippen LogP contribution in [0.4, 0.5) is 0 Å². The minimum Gasteiger partial charge on any atom is -0.309 e. The normalized spacial score (nSPS) is 13.0. The Morgan fingerprint density at radius 3 is 2.71 bits per heavy atom. The summed E-state index contributed by atoms with van der Waals surface area (Å²) in [5, 5.41) is 3.86. The molecule has 21 heavy (non-hydrogen) atoms. The highest BCUT2D eigenvalue weighted by Crippen LogP contribution is 2.11. The van der Waals surface area contributed by atoms with Crippen molar-refractivity contribution < 1.29 is 8.42 Å². The Hall–Kier alpha value is -1.15. The van der Waals surface area contributed by atoms with Gasteiger partial charge in [-0.05, 0) is 26.0 Å². The molecule has 116 valence electrons. The molecule has 0 radical (unpaired) electrons. The highest BCUT2D eigenvalue weighted by molar-refractivity contribution is 7.88. The Balaban J connectivity index is 1.96. The van der Waals surface area contributed by atoms with Crippen molar-refractivity contribution in [1.82, 2.24) is 19.4 Å². The predicted octanol–water partition coefficient (Wildman–Crippen LogP) is 1.41. The third kappa shape index (κ3) is 4.96. The maximum Gasteiger partial charge on any atom is 0.209 e. The van der Waals surface area contributed by atoms with Gasteiger partial charge in [-0.3, -0.25) is 0 Å². The molecule has 0 aromatic carbocycles. The molecule has 2 heterocycles. The summed E-state index contributed by atoms with van der Waals surface area (Å²) in [6.45, 7) is 4.69. The highest BCUT2D eigenvalue weighted by atomic mass is 35.5. The van der Waals surface area contributed by atoms with Crippen LogP contribution in [0.3, 0.4) is 0 Å². The van der Waals surface area contributed by atoms with Crippen molar-refractivity contribution in [2.45, 2.75) is 25.9 Å². The minimum atomic E-state index is -3.23. The van der Waals surface area contributed by atoms with Crippen LogP contribution in [0.1, 0.15) is 19.5 Å². The molecule has 2 aromatic heterocycles. The summed E-state index contributed by atoms with van der Waals surface area (Å²) in [4.78, 5) is 4.45. The van der Waals surface area contributed by atoms with Crippen LogP contribution in [0.15, 0.2) is 24.5 Å². The quantitative estimate of drug-likeness (QED) is 0.839. The number of rotatable bonds is 6. The average Bonchev–Trinajstić information content (AvgIpc) is 2.66. The van der Waals surface area contributed by atoms with Crippen molar-refractivity contribution >= 4 is 27.3 Å². The first-order valence-corrected chi connectivity index (χ1v) is 8.74. The molecule has 0 aliphatic rings. The fourth-order valence-electron chi connectivity index (χ4n) is 2.14. The first-order valence-electron chi connectivity index (χ1n) is 6.47. The van der Waals surface area contributed by atoms with E-state index in [-0.39, 0.29) is 0 Å². The van der Waals surface area contributed by atoms with E-state index in [1.54, 1.807) is 12.3 Å². The van der Waals surface area contributed by atoms with Crippen molar-refractivity contribution in [3.8, 4) is 0 Å². The number of nitrogens with one attached hydrogen (secondary N) is 2. The number of pyridine rings is 1. The maximum absolute atomic E-state index is 11.3. The lowest BCUT2D eigenvalue weighted by atomic mass is 10.1. The summed E-state index contributed by atoms with van der Waals surface area (Å²) in [5.41, 5.74) is 1.13. The number of halogens is 1. The number of nitrogens with zero attached hydrogens (tertiary/aromatic N) is 2. The Morgan fingerprint density at radius 1 is 1.33 bits per heavy atom. The number of sulfonamides is 1. The van der Waals surface area contributed by atoms with Gasteiger partial charge in [-0.1, -0.05) is 11.6 Å². The van der Waals surface area contributed by atoms with Gasteiger partial charge in [-0.15, -0.1) is 0 Å². The predicted molar refractivity (Wildman–Crippen MR) is 84.0 cm³/mol. The van der Waals surface area contributed by atoms with Gasteiger partial charge in [0.05, 0.1) is 17.0 Å². The molecule has 6 nitrogen and oxygen atoms in total. The van der Waals surface area contributed by atoms with Crippen LogP contribution in [0, 0.1) is 0 Å². The highest BCUT2D eigenvalue weighted by Gasteiger charge is 2.21. The zero-order chi connectivity index (χ0) is 15.7. The van der Waals surface area contributed by atoms with Crippen molar-refractivity contribution in [2.75, 3.05) is 12.8 Å².